The van der Waals surface area contributed by atoms with Gasteiger partial charge in [0.25, 0.3) is 5.91 Å². The van der Waals surface area contributed by atoms with Gasteiger partial charge in [0.15, 0.2) is 6.67 Å². The van der Waals surface area contributed by atoms with Crippen molar-refractivity contribution in [2.45, 2.75) is 129 Å². The lowest BCUT2D eigenvalue weighted by molar-refractivity contribution is -0.129. The minimum Gasteiger partial charge on any atom is -1.00 e. The molecule has 1 aromatic rings. The summed E-state index contributed by atoms with van der Waals surface area (Å²) in [6.07, 6.45) is 21.8. The Bertz CT molecular complexity index is 781. The second-order valence-electron chi connectivity index (χ2n) is 11.9. The monoisotopic (exact) mass is 549 g/mol. The number of carbonyl (C=O) groups is 2. The molecule has 0 radical (unpaired) electrons. The van der Waals surface area contributed by atoms with E-state index in [1.807, 2.05) is 29.2 Å². The third-order valence-electron chi connectivity index (χ3n) is 7.89. The molecule has 1 fully saturated rings. The van der Waals surface area contributed by atoms with Gasteiger partial charge in [-0.1, -0.05) is 96.8 Å². The largest absolute Gasteiger partial charge is 1.00 e. The zero-order valence-corrected chi connectivity index (χ0v) is 25.7. The molecule has 218 valence electrons. The van der Waals surface area contributed by atoms with Gasteiger partial charge in [-0.05, 0) is 44.0 Å². The lowest BCUT2D eigenvalue weighted by Gasteiger charge is -2.33. The Kier molecular flexibility index (Phi) is 17.6. The van der Waals surface area contributed by atoms with E-state index in [9.17, 15) is 9.59 Å². The first-order chi connectivity index (χ1) is 17.8. The minimum atomic E-state index is 0. The Balaban J connectivity index is 0.00000722. The number of benzene rings is 1. The van der Waals surface area contributed by atoms with Crippen LogP contribution < -0.4 is 22.2 Å². The molecule has 0 bridgehead atoms. The molecule has 38 heavy (non-hydrogen) atoms. The molecule has 5 nitrogen and oxygen atoms in total. The second-order valence-corrected chi connectivity index (χ2v) is 11.9. The molecule has 0 saturated carbocycles. The summed E-state index contributed by atoms with van der Waals surface area (Å²) < 4.78 is 0.600. The molecular formula is C32H56ClN3O2. The van der Waals surface area contributed by atoms with E-state index >= 15 is 0 Å². The summed E-state index contributed by atoms with van der Waals surface area (Å²) in [5.41, 5.74) is 1.81. The van der Waals surface area contributed by atoms with Crippen LogP contribution in [0.3, 0.4) is 0 Å². The van der Waals surface area contributed by atoms with E-state index in [1.54, 1.807) is 0 Å². The smallest absolute Gasteiger partial charge is 0.251 e. The lowest BCUT2D eigenvalue weighted by Crippen LogP contribution is -3.00. The van der Waals surface area contributed by atoms with Crippen LogP contribution in [0.5, 0.6) is 0 Å². The maximum atomic E-state index is 12.7. The van der Waals surface area contributed by atoms with Crippen molar-refractivity contribution in [2.75, 3.05) is 27.3 Å². The average molecular weight is 550 g/mol. The summed E-state index contributed by atoms with van der Waals surface area (Å²) in [6, 6.07) is 8.06. The van der Waals surface area contributed by atoms with Crippen LogP contribution in [-0.4, -0.2) is 50.1 Å². The highest BCUT2D eigenvalue weighted by Gasteiger charge is 2.29. The third kappa shape index (κ3) is 13.5. The van der Waals surface area contributed by atoms with Crippen LogP contribution in [0.2, 0.25) is 0 Å². The normalized spacial score (nSPS) is 14.4. The molecule has 1 heterocycles. The molecule has 0 aromatic heterocycles. The first-order valence-corrected chi connectivity index (χ1v) is 15.4. The van der Waals surface area contributed by atoms with Gasteiger partial charge in [0.2, 0.25) is 5.91 Å². The number of unbranched alkanes of at least 4 members (excludes halogenated alkanes) is 13. The second kappa shape index (κ2) is 19.5. The van der Waals surface area contributed by atoms with Gasteiger partial charge in [0.1, 0.15) is 5.69 Å². The molecular weight excluding hydrogens is 494 g/mol. The fraction of sp³-hybridized carbons (Fsp3) is 0.750. The first kappa shape index (κ1) is 34.4. The summed E-state index contributed by atoms with van der Waals surface area (Å²) in [7, 11) is 4.22. The fourth-order valence-electron chi connectivity index (χ4n) is 5.40. The first-order valence-electron chi connectivity index (χ1n) is 15.4. The van der Waals surface area contributed by atoms with Gasteiger partial charge < -0.3 is 17.7 Å². The zero-order chi connectivity index (χ0) is 26.9. The van der Waals surface area contributed by atoms with E-state index in [0.717, 1.165) is 25.1 Å². The Morgan fingerprint density at radius 1 is 0.868 bits per heavy atom. The molecule has 1 atom stereocenters. The van der Waals surface area contributed by atoms with Gasteiger partial charge in [0, 0.05) is 24.6 Å². The van der Waals surface area contributed by atoms with E-state index < -0.39 is 0 Å². The number of nitrogens with zero attached hydrogens (tertiary/aromatic N) is 2. The lowest BCUT2D eigenvalue weighted by atomic mass is 10.0. The highest BCUT2D eigenvalue weighted by Crippen LogP contribution is 2.22. The third-order valence-corrected chi connectivity index (χ3v) is 7.89. The maximum Gasteiger partial charge on any atom is 0.251 e. The highest BCUT2D eigenvalue weighted by atomic mass is 35.5. The summed E-state index contributed by atoms with van der Waals surface area (Å²) in [5, 5.41) is 3.17. The average Bonchev–Trinajstić information content (AvgIpc) is 3.27. The van der Waals surface area contributed by atoms with Crippen molar-refractivity contribution in [3.8, 4) is 0 Å². The van der Waals surface area contributed by atoms with Crippen molar-refractivity contribution in [1.29, 1.82) is 0 Å². The number of hydrogen-bond acceptors (Lipinski definition) is 2. The van der Waals surface area contributed by atoms with Crippen molar-refractivity contribution >= 4 is 17.5 Å². The minimum absolute atomic E-state index is 0. The summed E-state index contributed by atoms with van der Waals surface area (Å²) in [5.74, 6) is 0.249. The topological polar surface area (TPSA) is 49.4 Å². The van der Waals surface area contributed by atoms with Crippen molar-refractivity contribution < 1.29 is 22.0 Å². The molecule has 2 amide bonds. The SMILES string of the molecule is CCCCCCCCCCCCCCCCC(C)NC(=O)c1ccc([N+](C)(C)CN2CCCC2=O)cc1.[Cl-]. The number of quaternary nitrogens is 1. The van der Waals surface area contributed by atoms with E-state index in [1.165, 1.54) is 89.9 Å². The van der Waals surface area contributed by atoms with Crippen molar-refractivity contribution in [3.63, 3.8) is 0 Å². The van der Waals surface area contributed by atoms with Crippen molar-refractivity contribution in [1.82, 2.24) is 14.7 Å². The van der Waals surface area contributed by atoms with E-state index in [-0.39, 0.29) is 30.3 Å². The van der Waals surface area contributed by atoms with Gasteiger partial charge in [-0.15, -0.1) is 0 Å². The van der Waals surface area contributed by atoms with Crippen molar-refractivity contribution in [3.05, 3.63) is 29.8 Å². The maximum absolute atomic E-state index is 12.7. The standard InChI is InChI=1S/C32H55N3O2.ClH/c1-5-6-7-8-9-10-11-12-13-14-15-16-17-18-20-28(2)33-32(37)29-22-24-30(25-23-29)35(3,4)27-34-26-19-21-31(34)36;/h22-25,28H,5-21,26-27H2,1-4H3;1H. The Morgan fingerprint density at radius 2 is 1.37 bits per heavy atom. The Labute approximate surface area is 240 Å². The molecule has 6 heteroatoms. The number of rotatable bonds is 20. The predicted octanol–water partition coefficient (Wildman–Crippen LogP) is 4.83. The summed E-state index contributed by atoms with van der Waals surface area (Å²) >= 11 is 0. The zero-order valence-electron chi connectivity index (χ0n) is 24.9. The van der Waals surface area contributed by atoms with E-state index in [4.69, 9.17) is 0 Å². The van der Waals surface area contributed by atoms with Crippen LogP contribution in [0, 0.1) is 0 Å². The van der Waals surface area contributed by atoms with Crippen LogP contribution in [-0.2, 0) is 4.79 Å². The van der Waals surface area contributed by atoms with Gasteiger partial charge in [-0.2, -0.15) is 0 Å². The number of nitrogens with one attached hydrogen (secondary N) is 1. The van der Waals surface area contributed by atoms with Crippen LogP contribution in [0.25, 0.3) is 0 Å². The molecule has 1 aliphatic heterocycles. The Hall–Kier alpha value is -1.59. The number of hydrogen-bond donors (Lipinski definition) is 1. The molecule has 1 N–H and O–H groups in total. The van der Waals surface area contributed by atoms with Crippen LogP contribution in [0.1, 0.15) is 133 Å². The van der Waals surface area contributed by atoms with Crippen LogP contribution in [0.15, 0.2) is 24.3 Å². The van der Waals surface area contributed by atoms with Gasteiger partial charge >= 0.3 is 0 Å². The molecule has 1 aliphatic rings. The predicted molar refractivity (Wildman–Crippen MR) is 158 cm³/mol. The van der Waals surface area contributed by atoms with Gasteiger partial charge in [0.05, 0.1) is 14.1 Å². The van der Waals surface area contributed by atoms with Gasteiger partial charge in [-0.3, -0.25) is 19.0 Å². The van der Waals surface area contributed by atoms with Crippen LogP contribution >= 0.6 is 0 Å². The summed E-state index contributed by atoms with van der Waals surface area (Å²) in [4.78, 5) is 26.7. The molecule has 0 aliphatic carbocycles. The molecule has 1 aromatic carbocycles. The molecule has 1 saturated heterocycles. The fourth-order valence-corrected chi connectivity index (χ4v) is 5.40. The Morgan fingerprint density at radius 3 is 1.84 bits per heavy atom. The molecule has 0 spiro atoms. The van der Waals surface area contributed by atoms with Crippen LogP contribution in [0.4, 0.5) is 5.69 Å². The molecule has 2 rings (SSSR count). The van der Waals surface area contributed by atoms with E-state index in [0.29, 0.717) is 23.1 Å². The summed E-state index contributed by atoms with van der Waals surface area (Å²) in [6.45, 7) is 5.91. The van der Waals surface area contributed by atoms with Crippen molar-refractivity contribution in [2.24, 2.45) is 0 Å². The number of halogens is 1. The number of likely N-dealkylation sites (tertiary alicyclic amines) is 1. The number of amides is 2. The van der Waals surface area contributed by atoms with Gasteiger partial charge in [-0.25, -0.2) is 0 Å². The van der Waals surface area contributed by atoms with E-state index in [2.05, 4.69) is 33.3 Å². The highest BCUT2D eigenvalue weighted by molar-refractivity contribution is 5.94. The number of carbonyl (C=O) groups excluding carboxylic acids is 2. The molecule has 1 unspecified atom stereocenters. The quantitative estimate of drug-likeness (QED) is 0.187.